The van der Waals surface area contributed by atoms with E-state index in [4.69, 9.17) is 15.5 Å². The maximum absolute atomic E-state index is 13.5. The molecule has 0 aliphatic carbocycles. The van der Waals surface area contributed by atoms with Crippen LogP contribution >= 0.6 is 0 Å². The van der Waals surface area contributed by atoms with Gasteiger partial charge < -0.3 is 24.9 Å². The minimum Gasteiger partial charge on any atom is -0.481 e. The van der Waals surface area contributed by atoms with Gasteiger partial charge in [0, 0.05) is 38.8 Å². The third kappa shape index (κ3) is 7.58. The van der Waals surface area contributed by atoms with Crippen molar-refractivity contribution >= 4 is 57.6 Å². The maximum atomic E-state index is 13.5. The largest absolute Gasteiger partial charge is 0.481 e. The summed E-state index contributed by atoms with van der Waals surface area (Å²) in [5.41, 5.74) is 10.5. The van der Waals surface area contributed by atoms with Crippen molar-refractivity contribution in [2.24, 2.45) is 5.73 Å². The first-order valence-electron chi connectivity index (χ1n) is 17.4. The summed E-state index contributed by atoms with van der Waals surface area (Å²) < 4.78 is 12.9. The minimum atomic E-state index is -0.582. The lowest BCUT2D eigenvalue weighted by Crippen LogP contribution is -2.24. The van der Waals surface area contributed by atoms with Crippen LogP contribution in [0.4, 0.5) is 11.9 Å². The summed E-state index contributed by atoms with van der Waals surface area (Å²) in [7, 11) is 1.53. The Morgan fingerprint density at radius 2 is 1.36 bits per heavy atom. The van der Waals surface area contributed by atoms with Crippen molar-refractivity contribution < 1.29 is 23.9 Å². The Kier molecular flexibility index (Phi) is 10.5. The molecule has 0 bridgehead atoms. The second-order valence-electron chi connectivity index (χ2n) is 12.4. The molecule has 0 fully saturated rings. The first kappa shape index (κ1) is 36.3. The average molecular weight is 723 g/mol. The Hall–Kier alpha value is -6.52. The Bertz CT molecular complexity index is 2350. The molecule has 0 aliphatic heterocycles. The molecule has 53 heavy (non-hydrogen) atoms. The molecule has 5 N–H and O–H groups in total. The fraction of sp³-hybridized carbons (Fsp3) is 0.333. The van der Waals surface area contributed by atoms with E-state index in [1.165, 1.54) is 7.05 Å². The smallest absolute Gasteiger partial charge is 0.276 e. The number of carbonyl (C=O) groups is 4. The highest BCUT2D eigenvalue weighted by Crippen LogP contribution is 2.30. The molecule has 4 amide bonds. The van der Waals surface area contributed by atoms with Crippen molar-refractivity contribution in [3.63, 3.8) is 0 Å². The van der Waals surface area contributed by atoms with Gasteiger partial charge in [-0.25, -0.2) is 9.97 Å². The van der Waals surface area contributed by atoms with Crippen LogP contribution in [0.1, 0.15) is 69.4 Å². The molecule has 0 spiro atoms. The van der Waals surface area contributed by atoms with Crippen molar-refractivity contribution in [2.45, 2.75) is 66.7 Å². The predicted molar refractivity (Wildman–Crippen MR) is 198 cm³/mol. The van der Waals surface area contributed by atoms with E-state index in [9.17, 15) is 19.2 Å². The number of nitrogens with zero attached hydrogens (tertiary/aromatic N) is 8. The average Bonchev–Trinajstić information content (AvgIpc) is 3.91. The Morgan fingerprint density at radius 3 is 1.92 bits per heavy atom. The normalized spacial score (nSPS) is 11.3. The topological polar surface area (TPSA) is 211 Å². The number of amides is 4. The van der Waals surface area contributed by atoms with Gasteiger partial charge in [0.1, 0.15) is 22.7 Å². The number of para-hydroxylation sites is 1. The van der Waals surface area contributed by atoms with Crippen molar-refractivity contribution in [3.8, 4) is 5.75 Å². The van der Waals surface area contributed by atoms with Crippen molar-refractivity contribution in [1.82, 2.24) is 44.0 Å². The number of likely N-dealkylation sites (N-methyl/N-ethyl adjacent to an activating group) is 1. The van der Waals surface area contributed by atoms with Crippen LogP contribution in [0, 0.1) is 13.8 Å². The zero-order valence-electron chi connectivity index (χ0n) is 30.3. The first-order valence-corrected chi connectivity index (χ1v) is 17.4. The monoisotopic (exact) mass is 722 g/mol. The van der Waals surface area contributed by atoms with E-state index in [0.29, 0.717) is 95.7 Å². The summed E-state index contributed by atoms with van der Waals surface area (Å²) in [6.07, 6.45) is 1.25. The number of primary amides is 1. The van der Waals surface area contributed by atoms with E-state index in [1.807, 2.05) is 42.9 Å². The van der Waals surface area contributed by atoms with E-state index < -0.39 is 5.91 Å². The molecular formula is C36H42N12O5. The number of fused-ring (bicyclic) bond motifs is 2. The number of nitrogens with two attached hydrogens (primary N) is 1. The lowest BCUT2D eigenvalue weighted by atomic mass is 10.2. The summed E-state index contributed by atoms with van der Waals surface area (Å²) in [5.74, 6) is -0.579. The fourth-order valence-electron chi connectivity index (χ4n) is 6.19. The van der Waals surface area contributed by atoms with Gasteiger partial charge in [-0.15, -0.1) is 0 Å². The number of hydrogen-bond acceptors (Lipinski definition) is 9. The molecule has 4 aromatic heterocycles. The number of ether oxygens (including phenoxy) is 1. The molecule has 0 saturated heterocycles. The molecule has 0 atom stereocenters. The van der Waals surface area contributed by atoms with Gasteiger partial charge in [-0.05, 0) is 83.0 Å². The lowest BCUT2D eigenvalue weighted by Gasteiger charge is -2.13. The maximum Gasteiger partial charge on any atom is 0.276 e. The number of nitrogens with one attached hydrogen (secondary N) is 3. The molecule has 0 aliphatic rings. The molecule has 6 aromatic rings. The van der Waals surface area contributed by atoms with E-state index in [-0.39, 0.29) is 24.3 Å². The quantitative estimate of drug-likeness (QED) is 0.114. The molecule has 17 heteroatoms. The van der Waals surface area contributed by atoms with Gasteiger partial charge in [-0.3, -0.25) is 39.2 Å². The van der Waals surface area contributed by atoms with Crippen LogP contribution in [-0.2, 0) is 31.0 Å². The molecule has 2 aromatic carbocycles. The molecule has 276 valence electrons. The van der Waals surface area contributed by atoms with Gasteiger partial charge in [0.25, 0.3) is 17.7 Å². The third-order valence-electron chi connectivity index (χ3n) is 8.74. The van der Waals surface area contributed by atoms with Crippen LogP contribution in [0.25, 0.3) is 22.1 Å². The van der Waals surface area contributed by atoms with Crippen LogP contribution in [0.3, 0.4) is 0 Å². The van der Waals surface area contributed by atoms with Gasteiger partial charge >= 0.3 is 0 Å². The van der Waals surface area contributed by atoms with Crippen LogP contribution in [-0.4, -0.2) is 75.9 Å². The van der Waals surface area contributed by atoms with E-state index in [1.54, 1.807) is 51.8 Å². The highest BCUT2D eigenvalue weighted by Gasteiger charge is 2.22. The second kappa shape index (κ2) is 15.4. The Labute approximate surface area is 304 Å². The predicted octanol–water partition coefficient (Wildman–Crippen LogP) is 3.64. The summed E-state index contributed by atoms with van der Waals surface area (Å²) >= 11 is 0. The lowest BCUT2D eigenvalue weighted by molar-refractivity contribution is -0.122. The summed E-state index contributed by atoms with van der Waals surface area (Å²) in [6.45, 7) is 9.21. The van der Waals surface area contributed by atoms with Crippen LogP contribution < -0.4 is 26.4 Å². The summed E-state index contributed by atoms with van der Waals surface area (Å²) in [4.78, 5) is 60.3. The first-order chi connectivity index (χ1) is 25.5. The van der Waals surface area contributed by atoms with Crippen LogP contribution in [0.2, 0.25) is 0 Å². The number of hydrogen-bond donors (Lipinski definition) is 4. The minimum absolute atomic E-state index is 0.196. The van der Waals surface area contributed by atoms with Crippen molar-refractivity contribution in [1.29, 1.82) is 0 Å². The number of benzene rings is 2. The number of unbranched alkanes of at least 4 members (excludes halogenated alkanes) is 1. The standard InChI is InChI=1S/C36H42N12O5/c1-6-47-27(17-21(3)43-47)33(51)41-35-39-24-19-23(32(37)50)13-14-25(24)45(35)15-8-9-16-46-26-11-10-12-29(53-20-30(49)38-5)31(26)40-36(46)42-34(52)28-18-22(4)44-48(28)7-2/h10-14,17-19H,6-9,15-16,20H2,1-5H3,(H2,37,50)(H,38,49)(H,39,41,51)(H,40,42,52). The summed E-state index contributed by atoms with van der Waals surface area (Å²) in [6, 6.07) is 13.8. The SMILES string of the molecule is CCn1nc(C)cc1C(=O)Nc1nc2cc(C(N)=O)ccc2n1CCCCn1c(NC(=O)c2cc(C)nn2CC)nc2c(OCC(=O)NC)cccc21. The Balaban J connectivity index is 1.28. The molecule has 4 heterocycles. The van der Waals surface area contributed by atoms with Gasteiger partial charge in [0.2, 0.25) is 17.8 Å². The zero-order chi connectivity index (χ0) is 37.8. The summed E-state index contributed by atoms with van der Waals surface area (Å²) in [5, 5.41) is 17.2. The van der Waals surface area contributed by atoms with Gasteiger partial charge in [0.15, 0.2) is 6.61 Å². The van der Waals surface area contributed by atoms with Crippen LogP contribution in [0.15, 0.2) is 48.5 Å². The van der Waals surface area contributed by atoms with E-state index in [2.05, 4.69) is 31.1 Å². The number of aromatic nitrogens is 8. The molecule has 6 rings (SSSR count). The number of anilines is 2. The van der Waals surface area contributed by atoms with Gasteiger partial charge in [-0.1, -0.05) is 6.07 Å². The van der Waals surface area contributed by atoms with Gasteiger partial charge in [-0.2, -0.15) is 10.2 Å². The molecule has 0 unspecified atom stereocenters. The van der Waals surface area contributed by atoms with Crippen molar-refractivity contribution in [2.75, 3.05) is 24.3 Å². The number of aryl methyl sites for hydroxylation is 6. The van der Waals surface area contributed by atoms with Crippen LogP contribution in [0.5, 0.6) is 5.75 Å². The van der Waals surface area contributed by atoms with Gasteiger partial charge in [0.05, 0.1) is 27.9 Å². The molecular weight excluding hydrogens is 680 g/mol. The highest BCUT2D eigenvalue weighted by atomic mass is 16.5. The number of carbonyl (C=O) groups excluding carboxylic acids is 4. The second-order valence-corrected chi connectivity index (χ2v) is 12.4. The Morgan fingerprint density at radius 1 is 0.774 bits per heavy atom. The molecule has 0 radical (unpaired) electrons. The fourth-order valence-corrected chi connectivity index (χ4v) is 6.19. The number of rotatable bonds is 15. The van der Waals surface area contributed by atoms with E-state index in [0.717, 1.165) is 11.4 Å². The zero-order valence-corrected chi connectivity index (χ0v) is 30.3. The third-order valence-corrected chi connectivity index (χ3v) is 8.74. The molecule has 17 nitrogen and oxygen atoms in total. The van der Waals surface area contributed by atoms with Crippen molar-refractivity contribution in [3.05, 3.63) is 76.9 Å². The number of imidazole rings is 2. The van der Waals surface area contributed by atoms with E-state index >= 15 is 0 Å². The molecule has 0 saturated carbocycles. The highest BCUT2D eigenvalue weighted by molar-refractivity contribution is 6.04.